The van der Waals surface area contributed by atoms with Gasteiger partial charge in [0.2, 0.25) is 17.7 Å². The Morgan fingerprint density at radius 1 is 0.481 bits per heavy atom. The molecule has 0 spiro atoms. The summed E-state index contributed by atoms with van der Waals surface area (Å²) in [5, 5.41) is 157. The molecule has 25 atom stereocenters. The van der Waals surface area contributed by atoms with Crippen LogP contribution in [-0.2, 0) is 151 Å². The van der Waals surface area contributed by atoms with Gasteiger partial charge in [-0.05, 0) is 45.1 Å². The number of hydrogen-bond donors (Lipinski definition) is 16. The molecule has 9 rings (SSSR count). The molecule has 5 fully saturated rings. The highest BCUT2D eigenvalue weighted by Crippen LogP contribution is 2.48. The van der Waals surface area contributed by atoms with Crippen LogP contribution in [0.4, 0.5) is 0 Å². The molecular weight excluding hydrogens is 1780 g/mol. The number of amides is 3. The van der Waals surface area contributed by atoms with Gasteiger partial charge in [0.05, 0.1) is 191 Å². The third kappa shape index (κ3) is 35.3. The summed E-state index contributed by atoms with van der Waals surface area (Å²) < 4.78 is 121. The number of hydrogen-bond acceptors (Lipinski definition) is 42. The molecule has 16 N–H and O–H groups in total. The number of nitrogens with one attached hydrogen (secondary N) is 3. The van der Waals surface area contributed by atoms with E-state index in [9.17, 15) is 84.7 Å². The van der Waals surface area contributed by atoms with E-state index in [1.165, 1.54) is 13.8 Å². The molecule has 0 aliphatic carbocycles. The summed E-state index contributed by atoms with van der Waals surface area (Å²) in [6.07, 6.45) is -6.61. The molecule has 51 nitrogen and oxygen atoms in total. The molecule has 748 valence electrons. The molecule has 5 saturated heterocycles. The van der Waals surface area contributed by atoms with Crippen molar-refractivity contribution >= 4 is 33.4 Å². The molecule has 0 radical (unpaired) electrons. The maximum atomic E-state index is 15.2. The second-order valence-corrected chi connectivity index (χ2v) is 36.0. The number of unbranched alkanes of at least 4 members (excludes halogenated alkanes) is 4. The standard InChI is InChI=1S/C78H137N17O34P2/c1-49-59(125-62(45-97)71(105)69(49)103)15-13-23-115-26-19-94-42-56(84-88-94)38-91(39-57-43-95(89-85-57)22-29-116-30-33-120-76-51(3)70(104)72(106)63(46-98)127-76)58(75(109)79-17-10-7-8-12-24-123-131(112,113)129-60-16-25-119-65(60)48-124-130(110,111)114-6)14-9-11-18-90(36-54-40-92(86-82-54)20-27-117-31-34-121-77-66(80-52(4)100)68(102)50(2)61(44-96)126-77)37-55-41-93(87-83-55)21-28-118-32-35-122-78-67(81-53(5)101)74(108)73(107)64(47-99)128-78/h40-43,49-51,58-74,76-78,96-99,102-108H,7-39,44-48H2,1-6H3,(H,79,109)(H,80,100)(H,81,101)(H,110,111)(H,112,113)/t49-,50-,51+,58-,59-,60+,61+,62+,63+,64+,65+,66+,67+,68-,69+,70+,71-,72-,73-,74+,76+,77+,78+/m0/s1. The number of phosphoric acid groups is 2. The largest absolute Gasteiger partial charge is 0.472 e. The molecule has 53 heteroatoms. The van der Waals surface area contributed by atoms with Crippen LogP contribution in [0.5, 0.6) is 0 Å². The maximum Gasteiger partial charge on any atom is 0.472 e. The minimum absolute atomic E-state index is 0.0225. The first-order chi connectivity index (χ1) is 62.9. The molecular formula is C78H137N17O34P2. The Morgan fingerprint density at radius 2 is 0.931 bits per heavy atom. The fourth-order valence-electron chi connectivity index (χ4n) is 15.6. The Hall–Kier alpha value is -5.81. The van der Waals surface area contributed by atoms with Crippen molar-refractivity contribution in [3.05, 3.63) is 47.6 Å². The third-order valence-corrected chi connectivity index (χ3v) is 25.1. The normalized spacial score (nSPS) is 29.0. The molecule has 4 aromatic rings. The van der Waals surface area contributed by atoms with Gasteiger partial charge in [-0.2, -0.15) is 0 Å². The van der Waals surface area contributed by atoms with Crippen LogP contribution in [0, 0.1) is 17.8 Å². The lowest BCUT2D eigenvalue weighted by Gasteiger charge is -2.43. The highest BCUT2D eigenvalue weighted by Gasteiger charge is 2.48. The van der Waals surface area contributed by atoms with E-state index in [0.29, 0.717) is 93.8 Å². The Kier molecular flexibility index (Phi) is 46.7. The topological polar surface area (TPSA) is 661 Å². The Labute approximate surface area is 758 Å². The minimum Gasteiger partial charge on any atom is -0.394 e. The van der Waals surface area contributed by atoms with Gasteiger partial charge in [0.15, 0.2) is 18.9 Å². The highest BCUT2D eigenvalue weighted by molar-refractivity contribution is 7.47. The van der Waals surface area contributed by atoms with Gasteiger partial charge in [-0.3, -0.25) is 42.3 Å². The van der Waals surface area contributed by atoms with E-state index in [4.69, 9.17) is 70.4 Å². The van der Waals surface area contributed by atoms with Crippen LogP contribution in [-0.4, -0.2) is 415 Å². The number of ether oxygens (including phenoxy) is 12. The lowest BCUT2D eigenvalue weighted by Crippen LogP contribution is -2.64. The van der Waals surface area contributed by atoms with Crippen molar-refractivity contribution in [2.24, 2.45) is 17.8 Å². The van der Waals surface area contributed by atoms with Gasteiger partial charge >= 0.3 is 15.6 Å². The Bertz CT molecular complexity index is 3830. The molecule has 5 aliphatic rings. The first-order valence-electron chi connectivity index (χ1n) is 44.5. The summed E-state index contributed by atoms with van der Waals surface area (Å²) in [6.45, 7) is 9.11. The lowest BCUT2D eigenvalue weighted by atomic mass is 9.86. The highest BCUT2D eigenvalue weighted by atomic mass is 31.2. The van der Waals surface area contributed by atoms with Crippen molar-refractivity contribution in [2.75, 3.05) is 139 Å². The van der Waals surface area contributed by atoms with Gasteiger partial charge in [0.25, 0.3) is 0 Å². The zero-order chi connectivity index (χ0) is 94.6. The van der Waals surface area contributed by atoms with Crippen LogP contribution in [0.15, 0.2) is 24.8 Å². The monoisotopic (exact) mass is 1920 g/mol. The summed E-state index contributed by atoms with van der Waals surface area (Å²) in [6, 6.07) is -2.88. The molecule has 0 saturated carbocycles. The van der Waals surface area contributed by atoms with Crippen molar-refractivity contribution in [1.82, 2.24) is 85.7 Å². The molecule has 5 aliphatic heterocycles. The number of rotatable bonds is 63. The molecule has 2 unspecified atom stereocenters. The van der Waals surface area contributed by atoms with Gasteiger partial charge in [0.1, 0.15) is 67.0 Å². The summed E-state index contributed by atoms with van der Waals surface area (Å²) in [7, 11) is -8.00. The van der Waals surface area contributed by atoms with Crippen molar-refractivity contribution in [1.29, 1.82) is 0 Å². The predicted octanol–water partition coefficient (Wildman–Crippen LogP) is -4.72. The number of nitrogens with zero attached hydrogens (tertiary/aromatic N) is 14. The Morgan fingerprint density at radius 3 is 1.44 bits per heavy atom. The van der Waals surface area contributed by atoms with Gasteiger partial charge < -0.3 is 139 Å². The second-order valence-electron chi connectivity index (χ2n) is 33.1. The van der Waals surface area contributed by atoms with Crippen LogP contribution in [0.2, 0.25) is 0 Å². The van der Waals surface area contributed by atoms with Crippen molar-refractivity contribution < 1.29 is 164 Å². The van der Waals surface area contributed by atoms with Gasteiger partial charge in [-0.15, -0.1) is 20.4 Å². The number of carbonyl (C=O) groups is 3. The van der Waals surface area contributed by atoms with E-state index in [0.717, 1.165) is 7.11 Å². The number of phosphoric ester groups is 2. The summed E-state index contributed by atoms with van der Waals surface area (Å²) in [5.41, 5.74) is 2.16. The van der Waals surface area contributed by atoms with E-state index < -0.39 is 188 Å². The van der Waals surface area contributed by atoms with Gasteiger partial charge in [-0.25, -0.2) is 27.9 Å². The third-order valence-electron chi connectivity index (χ3n) is 23.1. The average molecular weight is 1920 g/mol. The molecule has 4 aromatic heterocycles. The number of aromatic nitrogens is 12. The fraction of sp³-hybridized carbons (Fsp3) is 0.859. The molecule has 131 heavy (non-hydrogen) atoms. The van der Waals surface area contributed by atoms with E-state index in [-0.39, 0.29) is 163 Å². The van der Waals surface area contributed by atoms with Crippen LogP contribution >= 0.6 is 15.6 Å². The van der Waals surface area contributed by atoms with E-state index in [1.807, 2.05) is 4.90 Å². The van der Waals surface area contributed by atoms with Crippen LogP contribution < -0.4 is 16.0 Å². The second kappa shape index (κ2) is 56.2. The number of aliphatic hydroxyl groups is 11. The predicted molar refractivity (Wildman–Crippen MR) is 448 cm³/mol. The van der Waals surface area contributed by atoms with Crippen molar-refractivity contribution in [3.8, 4) is 0 Å². The average Bonchev–Trinajstić information content (AvgIpc) is 1.67. The first kappa shape index (κ1) is 109. The van der Waals surface area contributed by atoms with Crippen LogP contribution in [0.3, 0.4) is 0 Å². The lowest BCUT2D eigenvalue weighted by molar-refractivity contribution is -0.284. The molecule has 0 bridgehead atoms. The number of aliphatic hydroxyl groups excluding tert-OH is 11. The maximum absolute atomic E-state index is 15.2. The van der Waals surface area contributed by atoms with Crippen molar-refractivity contribution in [3.63, 3.8) is 0 Å². The molecule has 9 heterocycles. The molecule has 3 amide bonds. The van der Waals surface area contributed by atoms with Crippen LogP contribution in [0.1, 0.15) is 122 Å². The molecule has 0 aromatic carbocycles. The smallest absolute Gasteiger partial charge is 0.394 e. The van der Waals surface area contributed by atoms with Gasteiger partial charge in [0, 0.05) is 116 Å². The summed E-state index contributed by atoms with van der Waals surface area (Å²) in [5.74, 6) is -2.69. The Balaban J connectivity index is 0.882. The number of carbonyl (C=O) groups excluding carboxylic acids is 3. The quantitative estimate of drug-likeness (QED) is 0.0146. The summed E-state index contributed by atoms with van der Waals surface area (Å²) >= 11 is 0. The van der Waals surface area contributed by atoms with Gasteiger partial charge in [-0.1, -0.05) is 60.9 Å². The minimum atomic E-state index is -4.62. The van der Waals surface area contributed by atoms with E-state index >= 15 is 4.79 Å². The van der Waals surface area contributed by atoms with Crippen molar-refractivity contribution in [2.45, 2.75) is 274 Å². The zero-order valence-corrected chi connectivity index (χ0v) is 76.8. The van der Waals surface area contributed by atoms with E-state index in [2.05, 4.69) is 66.6 Å². The first-order valence-corrected chi connectivity index (χ1v) is 47.5. The zero-order valence-electron chi connectivity index (χ0n) is 75.0. The summed E-state index contributed by atoms with van der Waals surface area (Å²) in [4.78, 5) is 63.7. The fourth-order valence-corrected chi connectivity index (χ4v) is 17.1. The van der Waals surface area contributed by atoms with E-state index in [1.54, 1.807) is 64.3 Å². The SMILES string of the molecule is COP(=O)(O)OC[C@H]1OCC[C@H]1OP(=O)(O)OCCCCCCNC(=O)[C@H](CCCCN(Cc1cn(CCOCCO[C@@H]2O[C@H](CO)[C@H](C)[C@H](O)[C@H]2NC(C)=O)nn1)Cc1cn(CCOCCO[C@@H]2O[C@H](CO)[C@H](O)[C@H](O)[C@H]2NC(C)=O)nn1)N(Cc1cn(CCOCCC[C@@H]2O[C@H](CO)[C@H](O)[C@H](O)[C@H]2C)nn1)Cc1cn(CCOCCO[C@@H]2O[C@H](CO)[C@H](O)[C@H](O)[C@H]2C)nn1. The van der Waals surface area contributed by atoms with Crippen LogP contribution in [0.25, 0.3) is 0 Å².